The fraction of sp³-hybridized carbons (Fsp3) is 0.273. The molecule has 4 heteroatoms. The Morgan fingerprint density at radius 3 is 2.73 bits per heavy atom. The summed E-state index contributed by atoms with van der Waals surface area (Å²) in [5, 5.41) is 3.03. The molecule has 0 aliphatic heterocycles. The van der Waals surface area contributed by atoms with E-state index in [4.69, 9.17) is 0 Å². The molecule has 0 bridgehead atoms. The Morgan fingerprint density at radius 2 is 2.20 bits per heavy atom. The van der Waals surface area contributed by atoms with Gasteiger partial charge in [0.25, 0.3) is 0 Å². The Morgan fingerprint density at radius 1 is 1.53 bits per heavy atom. The zero-order valence-corrected chi connectivity index (χ0v) is 9.14. The third-order valence-electron chi connectivity index (χ3n) is 1.88. The zero-order valence-electron chi connectivity index (χ0n) is 9.14. The lowest BCUT2D eigenvalue weighted by Gasteiger charge is -2.14. The normalized spacial score (nSPS) is 10.9. The van der Waals surface area contributed by atoms with Crippen LogP contribution >= 0.6 is 0 Å². The van der Waals surface area contributed by atoms with Gasteiger partial charge in [-0.1, -0.05) is 6.58 Å². The first kappa shape index (κ1) is 11.2. The van der Waals surface area contributed by atoms with Gasteiger partial charge in [-0.2, -0.15) is 0 Å². The quantitative estimate of drug-likeness (QED) is 0.731. The second-order valence-corrected chi connectivity index (χ2v) is 3.12. The average molecular weight is 204 g/mol. The summed E-state index contributed by atoms with van der Waals surface area (Å²) in [7, 11) is 3.83. The number of nitrogens with one attached hydrogen (secondary N) is 1. The van der Waals surface area contributed by atoms with Crippen molar-refractivity contribution in [2.45, 2.75) is 6.54 Å². The maximum absolute atomic E-state index is 4.15. The van der Waals surface area contributed by atoms with Gasteiger partial charge in [-0.05, 0) is 12.1 Å². The molecule has 0 aliphatic carbocycles. The van der Waals surface area contributed by atoms with Crippen LogP contribution in [0, 0.1) is 0 Å². The molecule has 1 N–H and O–H groups in total. The number of aromatic nitrogens is 2. The minimum absolute atomic E-state index is 0.680. The first-order valence-electron chi connectivity index (χ1n) is 4.74. The molecule has 1 aromatic heterocycles. The summed E-state index contributed by atoms with van der Waals surface area (Å²) < 4.78 is 0. The summed E-state index contributed by atoms with van der Waals surface area (Å²) in [5.74, 6) is 0.802. The first-order chi connectivity index (χ1) is 7.26. The molecule has 0 fully saturated rings. The molecule has 1 heterocycles. The predicted octanol–water partition coefficient (Wildman–Crippen LogP) is 1.16. The maximum atomic E-state index is 4.15. The van der Waals surface area contributed by atoms with Crippen molar-refractivity contribution in [2.75, 3.05) is 14.1 Å². The monoisotopic (exact) mass is 204 g/mol. The molecule has 0 spiro atoms. The molecule has 0 radical (unpaired) electrons. The van der Waals surface area contributed by atoms with Gasteiger partial charge in [-0.25, -0.2) is 9.97 Å². The van der Waals surface area contributed by atoms with Crippen LogP contribution in [0.4, 0.5) is 0 Å². The predicted molar refractivity (Wildman–Crippen MR) is 60.8 cm³/mol. The van der Waals surface area contributed by atoms with Crippen molar-refractivity contribution in [3.63, 3.8) is 0 Å². The highest BCUT2D eigenvalue weighted by Gasteiger charge is 1.98. The van der Waals surface area contributed by atoms with Gasteiger partial charge in [-0.15, -0.1) is 0 Å². The highest BCUT2D eigenvalue weighted by molar-refractivity contribution is 5.12. The first-order valence-corrected chi connectivity index (χ1v) is 4.74. The number of hydrogen-bond donors (Lipinski definition) is 1. The molecule has 0 aromatic carbocycles. The standard InChI is InChI=1S/C11H16N4/c1-4-10(12-2)8-15(3)9-11-13-6-5-7-14-11/h4-8,12H,1,9H2,2-3H3/b10-8+. The number of allylic oxidation sites excluding steroid dienone is 1. The van der Waals surface area contributed by atoms with E-state index >= 15 is 0 Å². The van der Waals surface area contributed by atoms with E-state index in [1.54, 1.807) is 18.5 Å². The summed E-state index contributed by atoms with van der Waals surface area (Å²) in [4.78, 5) is 10.3. The number of hydrogen-bond acceptors (Lipinski definition) is 4. The van der Waals surface area contributed by atoms with Crippen molar-refractivity contribution in [1.82, 2.24) is 20.2 Å². The second kappa shape index (κ2) is 5.80. The third-order valence-corrected chi connectivity index (χ3v) is 1.88. The molecule has 0 amide bonds. The molecular weight excluding hydrogens is 188 g/mol. The van der Waals surface area contributed by atoms with Crippen LogP contribution in [0.1, 0.15) is 5.82 Å². The smallest absolute Gasteiger partial charge is 0.147 e. The summed E-state index contributed by atoms with van der Waals surface area (Å²) in [6.45, 7) is 4.38. The third kappa shape index (κ3) is 3.81. The van der Waals surface area contributed by atoms with Crippen molar-refractivity contribution >= 4 is 0 Å². The van der Waals surface area contributed by atoms with Gasteiger partial charge in [0.1, 0.15) is 5.82 Å². The molecule has 80 valence electrons. The van der Waals surface area contributed by atoms with Crippen molar-refractivity contribution < 1.29 is 0 Å². The largest absolute Gasteiger partial charge is 0.387 e. The van der Waals surface area contributed by atoms with E-state index in [9.17, 15) is 0 Å². The molecular formula is C11H16N4. The topological polar surface area (TPSA) is 41.1 Å². The van der Waals surface area contributed by atoms with Crippen LogP contribution in [-0.2, 0) is 6.54 Å². The SMILES string of the molecule is C=C/C(=C\N(C)Cc1ncccn1)NC. The van der Waals surface area contributed by atoms with Crippen LogP contribution in [0.25, 0.3) is 0 Å². The number of likely N-dealkylation sites (N-methyl/N-ethyl adjacent to an activating group) is 1. The van der Waals surface area contributed by atoms with E-state index in [-0.39, 0.29) is 0 Å². The van der Waals surface area contributed by atoms with E-state index in [0.29, 0.717) is 6.54 Å². The molecule has 1 rings (SSSR count). The van der Waals surface area contributed by atoms with Gasteiger partial charge >= 0.3 is 0 Å². The van der Waals surface area contributed by atoms with Crippen molar-refractivity contribution in [1.29, 1.82) is 0 Å². The second-order valence-electron chi connectivity index (χ2n) is 3.12. The van der Waals surface area contributed by atoms with Crippen LogP contribution in [0.5, 0.6) is 0 Å². The van der Waals surface area contributed by atoms with E-state index in [1.165, 1.54) is 0 Å². The zero-order chi connectivity index (χ0) is 11.1. The highest BCUT2D eigenvalue weighted by Crippen LogP contribution is 1.98. The number of nitrogens with zero attached hydrogens (tertiary/aromatic N) is 3. The fourth-order valence-corrected chi connectivity index (χ4v) is 1.14. The van der Waals surface area contributed by atoms with Crippen molar-refractivity contribution in [3.05, 3.63) is 48.8 Å². The molecule has 0 saturated carbocycles. The molecule has 15 heavy (non-hydrogen) atoms. The average Bonchev–Trinajstić information content (AvgIpc) is 2.27. The van der Waals surface area contributed by atoms with Gasteiger partial charge < -0.3 is 10.2 Å². The number of rotatable bonds is 5. The minimum atomic E-state index is 0.680. The van der Waals surface area contributed by atoms with E-state index < -0.39 is 0 Å². The van der Waals surface area contributed by atoms with Gasteiger partial charge in [0.05, 0.1) is 6.54 Å². The van der Waals surface area contributed by atoms with Crippen molar-refractivity contribution in [2.24, 2.45) is 0 Å². The Balaban J connectivity index is 2.60. The van der Waals surface area contributed by atoms with Gasteiger partial charge in [-0.3, -0.25) is 0 Å². The van der Waals surface area contributed by atoms with Crippen LogP contribution in [0.3, 0.4) is 0 Å². The Labute approximate surface area is 90.4 Å². The van der Waals surface area contributed by atoms with Gasteiger partial charge in [0.15, 0.2) is 0 Å². The van der Waals surface area contributed by atoms with Gasteiger partial charge in [0.2, 0.25) is 0 Å². The summed E-state index contributed by atoms with van der Waals surface area (Å²) in [5.41, 5.74) is 0.966. The highest BCUT2D eigenvalue weighted by atomic mass is 15.1. The molecule has 4 nitrogen and oxygen atoms in total. The van der Waals surface area contributed by atoms with E-state index in [1.807, 2.05) is 31.3 Å². The lowest BCUT2D eigenvalue weighted by Crippen LogP contribution is -2.16. The van der Waals surface area contributed by atoms with E-state index in [0.717, 1.165) is 11.5 Å². The van der Waals surface area contributed by atoms with E-state index in [2.05, 4.69) is 21.9 Å². The molecule has 0 unspecified atom stereocenters. The fourth-order valence-electron chi connectivity index (χ4n) is 1.14. The lowest BCUT2D eigenvalue weighted by molar-refractivity contribution is 0.431. The maximum Gasteiger partial charge on any atom is 0.147 e. The molecule has 0 aliphatic rings. The Kier molecular flexibility index (Phi) is 4.34. The summed E-state index contributed by atoms with van der Waals surface area (Å²) >= 11 is 0. The Hall–Kier alpha value is -1.84. The molecule has 1 aromatic rings. The van der Waals surface area contributed by atoms with Crippen molar-refractivity contribution in [3.8, 4) is 0 Å². The summed E-state index contributed by atoms with van der Waals surface area (Å²) in [6.07, 6.45) is 7.21. The van der Waals surface area contributed by atoms with Gasteiger partial charge in [0, 0.05) is 38.4 Å². The van der Waals surface area contributed by atoms with Crippen LogP contribution in [0.2, 0.25) is 0 Å². The molecule has 0 atom stereocenters. The Bertz CT molecular complexity index is 332. The van der Waals surface area contributed by atoms with Crippen LogP contribution < -0.4 is 5.32 Å². The van der Waals surface area contributed by atoms with Crippen LogP contribution in [-0.4, -0.2) is 29.0 Å². The molecule has 0 saturated heterocycles. The summed E-state index contributed by atoms with van der Waals surface area (Å²) in [6, 6.07) is 1.81. The minimum Gasteiger partial charge on any atom is -0.387 e. The lowest BCUT2D eigenvalue weighted by atomic mass is 10.4. The van der Waals surface area contributed by atoms with Crippen LogP contribution in [0.15, 0.2) is 43.0 Å².